The largest absolute Gasteiger partial charge is 0.796 e. The topological polar surface area (TPSA) is 26.3 Å². The quantitative estimate of drug-likeness (QED) is 0.343. The molecule has 56 valence electrons. The Bertz CT molecular complexity index is 156. The molecule has 0 radical (unpaired) electrons. The van der Waals surface area contributed by atoms with Crippen LogP contribution in [0, 0.1) is 0 Å². The molecule has 0 rings (SSSR count). The van der Waals surface area contributed by atoms with Gasteiger partial charge in [0.25, 0.3) is 0 Å². The molecule has 10 heavy (non-hydrogen) atoms. The molecule has 0 aliphatic rings. The summed E-state index contributed by atoms with van der Waals surface area (Å²) in [6.07, 6.45) is 1.01. The third-order valence-electron chi connectivity index (χ3n) is 0.682. The molecular weight excluding hydrogens is 141 g/mol. The molecule has 2 nitrogen and oxygen atoms in total. The van der Waals surface area contributed by atoms with Crippen molar-refractivity contribution >= 4 is 13.3 Å². The lowest BCUT2D eigenvalue weighted by Crippen LogP contribution is -2.03. The third kappa shape index (κ3) is 5.28. The number of halogens is 2. The van der Waals surface area contributed by atoms with Gasteiger partial charge in [-0.1, -0.05) is 0 Å². The van der Waals surface area contributed by atoms with E-state index in [0.717, 1.165) is 6.08 Å². The first-order valence-corrected chi connectivity index (χ1v) is 2.66. The SMILES string of the molecule is CC(=O)C=C(C)OB(F)F. The number of carbonyl (C=O) groups excluding carboxylic acids is 1. The smallest absolute Gasteiger partial charge is 0.509 e. The van der Waals surface area contributed by atoms with Gasteiger partial charge in [-0.05, 0) is 13.8 Å². The van der Waals surface area contributed by atoms with Gasteiger partial charge in [-0.3, -0.25) is 4.79 Å². The van der Waals surface area contributed by atoms with Crippen molar-refractivity contribution in [1.29, 1.82) is 0 Å². The zero-order chi connectivity index (χ0) is 8.15. The molecule has 0 fully saturated rings. The molecule has 0 saturated heterocycles. The molecule has 0 aromatic rings. The summed E-state index contributed by atoms with van der Waals surface area (Å²) in [5.41, 5.74) is 0. The van der Waals surface area contributed by atoms with Crippen LogP contribution in [0.2, 0.25) is 0 Å². The summed E-state index contributed by atoms with van der Waals surface area (Å²) in [6.45, 7) is 2.56. The van der Waals surface area contributed by atoms with Crippen molar-refractivity contribution in [3.63, 3.8) is 0 Å². The fourth-order valence-electron chi connectivity index (χ4n) is 0.461. The van der Waals surface area contributed by atoms with Crippen LogP contribution in [0.3, 0.4) is 0 Å². The number of hydrogen-bond donors (Lipinski definition) is 0. The van der Waals surface area contributed by atoms with Crippen LogP contribution in [0.25, 0.3) is 0 Å². The van der Waals surface area contributed by atoms with E-state index in [-0.39, 0.29) is 11.5 Å². The first-order chi connectivity index (χ1) is 4.52. The van der Waals surface area contributed by atoms with Gasteiger partial charge in [-0.15, -0.1) is 0 Å². The fourth-order valence-corrected chi connectivity index (χ4v) is 0.461. The molecule has 0 aromatic heterocycles. The average Bonchev–Trinajstić information content (AvgIpc) is 1.58. The van der Waals surface area contributed by atoms with Crippen LogP contribution in [0.4, 0.5) is 8.63 Å². The highest BCUT2D eigenvalue weighted by molar-refractivity contribution is 6.34. The second-order valence-electron chi connectivity index (χ2n) is 1.74. The number of ketones is 1. The maximum Gasteiger partial charge on any atom is 0.796 e. The fraction of sp³-hybridized carbons (Fsp3) is 0.400. The van der Waals surface area contributed by atoms with Gasteiger partial charge in [0, 0.05) is 6.08 Å². The first kappa shape index (κ1) is 9.13. The summed E-state index contributed by atoms with van der Waals surface area (Å²) in [4.78, 5) is 10.2. The number of carbonyl (C=O) groups is 1. The minimum atomic E-state index is -2.85. The van der Waals surface area contributed by atoms with E-state index in [1.807, 2.05) is 0 Å². The molecule has 0 heterocycles. The molecule has 0 saturated carbocycles. The number of allylic oxidation sites excluding steroid dienone is 2. The minimum absolute atomic E-state index is 0.0671. The molecular formula is C5H7BF2O2. The standard InChI is InChI=1S/C5H7BF2O2/c1-4(9)3-5(2)10-6(7)8/h3H,1-2H3. The van der Waals surface area contributed by atoms with E-state index in [9.17, 15) is 13.4 Å². The summed E-state index contributed by atoms with van der Waals surface area (Å²) in [5.74, 6) is -0.374. The highest BCUT2D eigenvalue weighted by Gasteiger charge is 2.16. The van der Waals surface area contributed by atoms with Gasteiger partial charge in [0.1, 0.15) is 0 Å². The highest BCUT2D eigenvalue weighted by Crippen LogP contribution is 2.00. The monoisotopic (exact) mass is 148 g/mol. The average molecular weight is 148 g/mol. The molecule has 0 amide bonds. The number of hydrogen-bond acceptors (Lipinski definition) is 2. The molecule has 0 aliphatic heterocycles. The Morgan fingerprint density at radius 1 is 1.50 bits per heavy atom. The molecule has 0 aliphatic carbocycles. The summed E-state index contributed by atoms with van der Waals surface area (Å²) < 4.78 is 26.6. The highest BCUT2D eigenvalue weighted by atomic mass is 19.2. The Morgan fingerprint density at radius 2 is 2.00 bits per heavy atom. The maximum absolute atomic E-state index is 11.4. The molecule has 0 atom stereocenters. The van der Waals surface area contributed by atoms with Gasteiger partial charge in [0.05, 0.1) is 5.76 Å². The van der Waals surface area contributed by atoms with E-state index in [4.69, 9.17) is 0 Å². The van der Waals surface area contributed by atoms with Gasteiger partial charge >= 0.3 is 7.47 Å². The van der Waals surface area contributed by atoms with Crippen LogP contribution in [-0.2, 0) is 9.45 Å². The lowest BCUT2D eigenvalue weighted by atomic mass is 10.3. The lowest BCUT2D eigenvalue weighted by Gasteiger charge is -1.98. The summed E-state index contributed by atoms with van der Waals surface area (Å²) in [7, 11) is -2.85. The van der Waals surface area contributed by atoms with Crippen LogP contribution in [0.5, 0.6) is 0 Å². The van der Waals surface area contributed by atoms with E-state index >= 15 is 0 Å². The first-order valence-electron chi connectivity index (χ1n) is 2.66. The van der Waals surface area contributed by atoms with Crippen LogP contribution in [-0.4, -0.2) is 13.3 Å². The van der Waals surface area contributed by atoms with Gasteiger partial charge in [0.2, 0.25) is 0 Å². The van der Waals surface area contributed by atoms with Crippen LogP contribution >= 0.6 is 0 Å². The minimum Gasteiger partial charge on any atom is -0.509 e. The van der Waals surface area contributed by atoms with Crippen LogP contribution < -0.4 is 0 Å². The van der Waals surface area contributed by atoms with Gasteiger partial charge < -0.3 is 4.65 Å². The summed E-state index contributed by atoms with van der Waals surface area (Å²) in [5, 5.41) is 0. The number of rotatable bonds is 3. The van der Waals surface area contributed by atoms with Crippen molar-refractivity contribution in [2.75, 3.05) is 0 Å². The van der Waals surface area contributed by atoms with E-state index in [2.05, 4.69) is 4.65 Å². The second-order valence-corrected chi connectivity index (χ2v) is 1.74. The third-order valence-corrected chi connectivity index (χ3v) is 0.682. The summed E-state index contributed by atoms with van der Waals surface area (Å²) >= 11 is 0. The normalized spacial score (nSPS) is 11.0. The molecule has 5 heteroatoms. The van der Waals surface area contributed by atoms with Crippen molar-refractivity contribution in [2.45, 2.75) is 13.8 Å². The van der Waals surface area contributed by atoms with E-state index < -0.39 is 7.47 Å². The Labute approximate surface area is 58.1 Å². The zero-order valence-electron chi connectivity index (χ0n) is 5.73. The van der Waals surface area contributed by atoms with Gasteiger partial charge in [-0.25, -0.2) is 8.63 Å². The second kappa shape index (κ2) is 4.03. The van der Waals surface area contributed by atoms with E-state index in [1.165, 1.54) is 13.8 Å². The lowest BCUT2D eigenvalue weighted by molar-refractivity contribution is -0.112. The maximum atomic E-state index is 11.4. The van der Waals surface area contributed by atoms with E-state index in [0.29, 0.717) is 0 Å². The Morgan fingerprint density at radius 3 is 2.30 bits per heavy atom. The summed E-state index contributed by atoms with van der Waals surface area (Å²) in [6, 6.07) is 0. The predicted octanol–water partition coefficient (Wildman–Crippen LogP) is 1.42. The molecule has 0 spiro atoms. The van der Waals surface area contributed by atoms with Crippen molar-refractivity contribution in [2.24, 2.45) is 0 Å². The Balaban J connectivity index is 3.83. The van der Waals surface area contributed by atoms with Gasteiger partial charge in [0.15, 0.2) is 5.78 Å². The van der Waals surface area contributed by atoms with Crippen molar-refractivity contribution < 1.29 is 18.1 Å². The Hall–Kier alpha value is -0.865. The van der Waals surface area contributed by atoms with Crippen molar-refractivity contribution in [3.05, 3.63) is 11.8 Å². The molecule has 0 aromatic carbocycles. The molecule has 0 unspecified atom stereocenters. The van der Waals surface area contributed by atoms with Crippen LogP contribution in [0.1, 0.15) is 13.8 Å². The van der Waals surface area contributed by atoms with Gasteiger partial charge in [-0.2, -0.15) is 0 Å². The molecule has 0 N–H and O–H groups in total. The Kier molecular flexibility index (Phi) is 3.68. The van der Waals surface area contributed by atoms with Crippen molar-refractivity contribution in [1.82, 2.24) is 0 Å². The van der Waals surface area contributed by atoms with E-state index in [1.54, 1.807) is 0 Å². The molecule has 0 bridgehead atoms. The van der Waals surface area contributed by atoms with Crippen LogP contribution in [0.15, 0.2) is 11.8 Å². The van der Waals surface area contributed by atoms with Crippen molar-refractivity contribution in [3.8, 4) is 0 Å². The predicted molar refractivity (Wildman–Crippen MR) is 33.5 cm³/mol. The zero-order valence-corrected chi connectivity index (χ0v) is 5.73.